The molecule has 2 heterocycles. The zero-order valence-electron chi connectivity index (χ0n) is 11.7. The van der Waals surface area contributed by atoms with Crippen LogP contribution >= 0.6 is 11.3 Å². The third-order valence-electron chi connectivity index (χ3n) is 3.55. The lowest BCUT2D eigenvalue weighted by Crippen LogP contribution is -2.50. The topological polar surface area (TPSA) is 86.7 Å². The molecule has 1 aliphatic heterocycles. The number of carbonyl (C=O) groups excluding carboxylic acids is 2. The zero-order valence-corrected chi connectivity index (χ0v) is 12.6. The van der Waals surface area contributed by atoms with E-state index < -0.39 is 17.9 Å². The second kappa shape index (κ2) is 6.71. The summed E-state index contributed by atoms with van der Waals surface area (Å²) >= 11 is 1.31. The van der Waals surface area contributed by atoms with E-state index in [-0.39, 0.29) is 18.4 Å². The van der Waals surface area contributed by atoms with Crippen LogP contribution in [0.4, 0.5) is 0 Å². The number of hydrogen-bond acceptors (Lipinski definition) is 4. The molecule has 7 heteroatoms. The predicted molar refractivity (Wildman–Crippen MR) is 78.2 cm³/mol. The van der Waals surface area contributed by atoms with Gasteiger partial charge in [-0.05, 0) is 31.2 Å². The average Bonchev–Trinajstić information content (AvgIpc) is 3.00. The van der Waals surface area contributed by atoms with E-state index in [0.717, 1.165) is 0 Å². The van der Waals surface area contributed by atoms with Gasteiger partial charge in [0.2, 0.25) is 5.91 Å². The number of carboxylic acids is 1. The van der Waals surface area contributed by atoms with E-state index in [1.54, 1.807) is 24.4 Å². The number of thiophene rings is 1. The van der Waals surface area contributed by atoms with Crippen molar-refractivity contribution in [1.29, 1.82) is 0 Å². The number of carbonyl (C=O) groups is 3. The number of nitrogens with one attached hydrogen (secondary N) is 1. The molecule has 2 amide bonds. The van der Waals surface area contributed by atoms with Crippen molar-refractivity contribution in [3.63, 3.8) is 0 Å². The molecule has 0 spiro atoms. The van der Waals surface area contributed by atoms with Crippen LogP contribution in [0.3, 0.4) is 0 Å². The molecule has 6 nitrogen and oxygen atoms in total. The van der Waals surface area contributed by atoms with Gasteiger partial charge in [-0.3, -0.25) is 14.4 Å². The van der Waals surface area contributed by atoms with Crippen molar-refractivity contribution in [2.24, 2.45) is 5.92 Å². The van der Waals surface area contributed by atoms with Crippen molar-refractivity contribution in [1.82, 2.24) is 10.2 Å². The van der Waals surface area contributed by atoms with Crippen LogP contribution in [0.5, 0.6) is 0 Å². The van der Waals surface area contributed by atoms with E-state index >= 15 is 0 Å². The Balaban J connectivity index is 1.92. The Labute approximate surface area is 126 Å². The van der Waals surface area contributed by atoms with Crippen LogP contribution in [0.2, 0.25) is 0 Å². The van der Waals surface area contributed by atoms with Crippen LogP contribution in [0.15, 0.2) is 17.5 Å². The standard InChI is InChI=1S/C14H18N2O4S/c1-9(15-12(17)11-5-3-7-21-11)13(18)16-6-2-4-10(8-16)14(19)20/h3,5,7,9-10H,2,4,6,8H2,1H3,(H,15,17)(H,19,20)/t9?,10-/m0/s1. The third kappa shape index (κ3) is 3.81. The van der Waals surface area contributed by atoms with Gasteiger partial charge in [0.25, 0.3) is 5.91 Å². The van der Waals surface area contributed by atoms with Gasteiger partial charge >= 0.3 is 5.97 Å². The van der Waals surface area contributed by atoms with Gasteiger partial charge < -0.3 is 15.3 Å². The van der Waals surface area contributed by atoms with Crippen molar-refractivity contribution in [3.05, 3.63) is 22.4 Å². The van der Waals surface area contributed by atoms with Gasteiger partial charge in [0.15, 0.2) is 0 Å². The lowest BCUT2D eigenvalue weighted by atomic mass is 9.98. The van der Waals surface area contributed by atoms with Crippen molar-refractivity contribution in [3.8, 4) is 0 Å². The molecule has 0 bridgehead atoms. The normalized spacial score (nSPS) is 19.9. The Bertz CT molecular complexity index is 529. The molecule has 2 atom stereocenters. The molecule has 1 aliphatic rings. The Morgan fingerprint density at radius 3 is 2.86 bits per heavy atom. The van der Waals surface area contributed by atoms with Crippen LogP contribution < -0.4 is 5.32 Å². The fourth-order valence-corrected chi connectivity index (χ4v) is 3.02. The highest BCUT2D eigenvalue weighted by Crippen LogP contribution is 2.17. The lowest BCUT2D eigenvalue weighted by Gasteiger charge is -2.32. The smallest absolute Gasteiger partial charge is 0.308 e. The van der Waals surface area contributed by atoms with E-state index in [9.17, 15) is 14.4 Å². The summed E-state index contributed by atoms with van der Waals surface area (Å²) in [6.07, 6.45) is 1.27. The van der Waals surface area contributed by atoms with Gasteiger partial charge in [0.05, 0.1) is 10.8 Å². The molecule has 1 saturated heterocycles. The van der Waals surface area contributed by atoms with E-state index in [1.807, 2.05) is 0 Å². The molecule has 0 radical (unpaired) electrons. The van der Waals surface area contributed by atoms with Crippen LogP contribution in [-0.4, -0.2) is 46.9 Å². The number of hydrogen-bond donors (Lipinski definition) is 2. The summed E-state index contributed by atoms with van der Waals surface area (Å²) in [6.45, 7) is 2.38. The molecule has 2 rings (SSSR count). The van der Waals surface area contributed by atoms with Crippen molar-refractivity contribution >= 4 is 29.1 Å². The van der Waals surface area contributed by atoms with Gasteiger partial charge in [0, 0.05) is 13.1 Å². The van der Waals surface area contributed by atoms with Crippen molar-refractivity contribution < 1.29 is 19.5 Å². The number of carboxylic acid groups (broad SMARTS) is 1. The van der Waals surface area contributed by atoms with Crippen LogP contribution in [-0.2, 0) is 9.59 Å². The van der Waals surface area contributed by atoms with Crippen LogP contribution in [0.1, 0.15) is 29.4 Å². The third-order valence-corrected chi connectivity index (χ3v) is 4.41. The maximum absolute atomic E-state index is 12.3. The fraction of sp³-hybridized carbons (Fsp3) is 0.500. The Hall–Kier alpha value is -1.89. The second-order valence-electron chi connectivity index (χ2n) is 5.13. The minimum atomic E-state index is -0.872. The predicted octanol–water partition coefficient (Wildman–Crippen LogP) is 1.19. The molecule has 1 fully saturated rings. The van der Waals surface area contributed by atoms with Gasteiger partial charge in [-0.25, -0.2) is 0 Å². The minimum Gasteiger partial charge on any atom is -0.481 e. The first-order valence-corrected chi connectivity index (χ1v) is 7.73. The number of piperidine rings is 1. The van der Waals surface area contributed by atoms with Gasteiger partial charge in [-0.15, -0.1) is 11.3 Å². The highest BCUT2D eigenvalue weighted by molar-refractivity contribution is 7.12. The van der Waals surface area contributed by atoms with Gasteiger partial charge in [-0.1, -0.05) is 6.07 Å². The molecular weight excluding hydrogens is 292 g/mol. The first kappa shape index (κ1) is 15.5. The van der Waals surface area contributed by atoms with E-state index in [0.29, 0.717) is 24.3 Å². The number of rotatable bonds is 4. The van der Waals surface area contributed by atoms with Crippen LogP contribution in [0.25, 0.3) is 0 Å². The minimum absolute atomic E-state index is 0.216. The number of likely N-dealkylation sites (tertiary alicyclic amines) is 1. The highest BCUT2D eigenvalue weighted by Gasteiger charge is 2.30. The molecule has 114 valence electrons. The summed E-state index contributed by atoms with van der Waals surface area (Å²) in [5.41, 5.74) is 0. The molecule has 0 aliphatic carbocycles. The van der Waals surface area contributed by atoms with E-state index in [1.165, 1.54) is 16.2 Å². The molecular formula is C14H18N2O4S. The van der Waals surface area contributed by atoms with Gasteiger partial charge in [-0.2, -0.15) is 0 Å². The first-order valence-electron chi connectivity index (χ1n) is 6.85. The molecule has 0 saturated carbocycles. The maximum Gasteiger partial charge on any atom is 0.308 e. The zero-order chi connectivity index (χ0) is 15.4. The molecule has 1 aromatic heterocycles. The number of aliphatic carboxylic acids is 1. The molecule has 0 aromatic carbocycles. The summed E-state index contributed by atoms with van der Waals surface area (Å²) in [6, 6.07) is 2.80. The Morgan fingerprint density at radius 2 is 2.24 bits per heavy atom. The summed E-state index contributed by atoms with van der Waals surface area (Å²) in [4.78, 5) is 37.3. The summed E-state index contributed by atoms with van der Waals surface area (Å²) < 4.78 is 0. The monoisotopic (exact) mass is 310 g/mol. The molecule has 1 unspecified atom stereocenters. The largest absolute Gasteiger partial charge is 0.481 e. The first-order chi connectivity index (χ1) is 9.99. The highest BCUT2D eigenvalue weighted by atomic mass is 32.1. The van der Waals surface area contributed by atoms with Crippen molar-refractivity contribution in [2.45, 2.75) is 25.8 Å². The second-order valence-corrected chi connectivity index (χ2v) is 6.08. The summed E-state index contributed by atoms with van der Waals surface area (Å²) in [7, 11) is 0. The quantitative estimate of drug-likeness (QED) is 0.874. The Kier molecular flexibility index (Phi) is 4.95. The summed E-state index contributed by atoms with van der Waals surface area (Å²) in [5.74, 6) is -1.89. The van der Waals surface area contributed by atoms with E-state index in [2.05, 4.69) is 5.32 Å². The maximum atomic E-state index is 12.3. The number of nitrogens with zero attached hydrogens (tertiary/aromatic N) is 1. The molecule has 21 heavy (non-hydrogen) atoms. The molecule has 1 aromatic rings. The fourth-order valence-electron chi connectivity index (χ4n) is 2.39. The average molecular weight is 310 g/mol. The van der Waals surface area contributed by atoms with Gasteiger partial charge in [0.1, 0.15) is 6.04 Å². The lowest BCUT2D eigenvalue weighted by molar-refractivity contribution is -0.146. The summed E-state index contributed by atoms with van der Waals surface area (Å²) in [5, 5.41) is 13.5. The number of amides is 2. The SMILES string of the molecule is CC(NC(=O)c1cccs1)C(=O)N1CCC[C@H](C(=O)O)C1. The van der Waals surface area contributed by atoms with E-state index in [4.69, 9.17) is 5.11 Å². The molecule has 2 N–H and O–H groups in total. The Morgan fingerprint density at radius 1 is 1.48 bits per heavy atom. The van der Waals surface area contributed by atoms with Crippen molar-refractivity contribution in [2.75, 3.05) is 13.1 Å². The van der Waals surface area contributed by atoms with Crippen LogP contribution in [0, 0.1) is 5.92 Å².